The van der Waals surface area contributed by atoms with Crippen molar-refractivity contribution in [3.8, 4) is 0 Å². The molecule has 70 valence electrons. The van der Waals surface area contributed by atoms with Crippen molar-refractivity contribution in [1.82, 2.24) is 5.32 Å². The molecule has 6 nitrogen and oxygen atoms in total. The Morgan fingerprint density at radius 1 is 1.58 bits per heavy atom. The SMILES string of the molecule is O=S([O-])CNCCS(=O)(=O)O.[H-].[Na+]. The van der Waals surface area contributed by atoms with Crippen LogP contribution in [0.1, 0.15) is 1.43 Å². The van der Waals surface area contributed by atoms with Crippen LogP contribution in [0.4, 0.5) is 0 Å². The Morgan fingerprint density at radius 3 is 2.42 bits per heavy atom. The fourth-order valence-corrected chi connectivity index (χ4v) is 1.07. The molecule has 2 N–H and O–H groups in total. The van der Waals surface area contributed by atoms with Gasteiger partial charge in [0.05, 0.1) is 11.6 Å². The maximum atomic E-state index is 10.0. The predicted molar refractivity (Wildman–Crippen MR) is 39.3 cm³/mol. The fraction of sp³-hybridized carbons (Fsp3) is 1.00. The minimum Gasteiger partial charge on any atom is -1.00 e. The van der Waals surface area contributed by atoms with E-state index in [0.29, 0.717) is 0 Å². The molecular weight excluding hydrogens is 217 g/mol. The molecule has 0 bridgehead atoms. The van der Waals surface area contributed by atoms with Crippen LogP contribution in [0.25, 0.3) is 0 Å². The van der Waals surface area contributed by atoms with Crippen LogP contribution in [0.3, 0.4) is 0 Å². The van der Waals surface area contributed by atoms with Crippen molar-refractivity contribution >= 4 is 21.2 Å². The molecule has 0 saturated carbocycles. The zero-order valence-corrected chi connectivity index (χ0v) is 10.2. The maximum Gasteiger partial charge on any atom is 1.00 e. The van der Waals surface area contributed by atoms with E-state index in [0.717, 1.165) is 0 Å². The van der Waals surface area contributed by atoms with Crippen LogP contribution in [0.15, 0.2) is 0 Å². The Bertz CT molecular complexity index is 232. The molecule has 0 aromatic heterocycles. The average molecular weight is 226 g/mol. The molecular formula is C3H9NNaO5S2-. The number of rotatable bonds is 5. The summed E-state index contributed by atoms with van der Waals surface area (Å²) in [7, 11) is -3.99. The van der Waals surface area contributed by atoms with Gasteiger partial charge in [-0.05, 0) is 11.1 Å². The first-order valence-electron chi connectivity index (χ1n) is 2.63. The molecule has 0 aromatic rings. The van der Waals surface area contributed by atoms with Gasteiger partial charge in [-0.2, -0.15) is 8.42 Å². The molecule has 0 saturated heterocycles. The van der Waals surface area contributed by atoms with Crippen LogP contribution in [0, 0.1) is 0 Å². The van der Waals surface area contributed by atoms with Crippen molar-refractivity contribution in [2.24, 2.45) is 0 Å². The summed E-state index contributed by atoms with van der Waals surface area (Å²) in [6.45, 7) is -0.0766. The molecule has 0 rings (SSSR count). The Kier molecular flexibility index (Phi) is 9.52. The van der Waals surface area contributed by atoms with Gasteiger partial charge in [-0.25, -0.2) is 0 Å². The molecule has 0 aliphatic rings. The van der Waals surface area contributed by atoms with Crippen molar-refractivity contribution in [2.75, 3.05) is 18.2 Å². The molecule has 0 aromatic carbocycles. The van der Waals surface area contributed by atoms with E-state index in [9.17, 15) is 17.2 Å². The normalized spacial score (nSPS) is 13.5. The summed E-state index contributed by atoms with van der Waals surface area (Å²) in [5, 5.41) is 2.29. The van der Waals surface area contributed by atoms with E-state index in [2.05, 4.69) is 5.32 Å². The van der Waals surface area contributed by atoms with E-state index in [1.807, 2.05) is 0 Å². The number of hydrogen-bond donors (Lipinski definition) is 2. The van der Waals surface area contributed by atoms with Gasteiger partial charge in [0, 0.05) is 6.54 Å². The summed E-state index contributed by atoms with van der Waals surface area (Å²) < 4.78 is 47.9. The van der Waals surface area contributed by atoms with Gasteiger partial charge in [-0.15, -0.1) is 0 Å². The van der Waals surface area contributed by atoms with Gasteiger partial charge in [0.25, 0.3) is 10.1 Å². The molecule has 1 atom stereocenters. The van der Waals surface area contributed by atoms with E-state index in [1.165, 1.54) is 0 Å². The van der Waals surface area contributed by atoms with Gasteiger partial charge in [0.2, 0.25) is 0 Å². The molecule has 0 radical (unpaired) electrons. The largest absolute Gasteiger partial charge is 1.00 e. The summed E-state index contributed by atoms with van der Waals surface area (Å²) in [5.74, 6) is -0.792. The van der Waals surface area contributed by atoms with Crippen molar-refractivity contribution in [2.45, 2.75) is 0 Å². The van der Waals surface area contributed by atoms with Gasteiger partial charge in [-0.1, -0.05) is 0 Å². The first-order chi connectivity index (χ1) is 4.92. The van der Waals surface area contributed by atoms with Gasteiger partial charge >= 0.3 is 29.6 Å². The predicted octanol–water partition coefficient (Wildman–Crippen LogP) is -4.58. The van der Waals surface area contributed by atoms with Crippen LogP contribution in [0.5, 0.6) is 0 Å². The summed E-state index contributed by atoms with van der Waals surface area (Å²) in [5.41, 5.74) is 0. The molecule has 1 unspecified atom stereocenters. The molecule has 0 fully saturated rings. The molecule has 12 heavy (non-hydrogen) atoms. The Labute approximate surface area is 96.9 Å². The monoisotopic (exact) mass is 226 g/mol. The fourth-order valence-electron chi connectivity index (χ4n) is 0.357. The third-order valence-corrected chi connectivity index (χ3v) is 1.92. The zero-order valence-electron chi connectivity index (χ0n) is 7.52. The smallest absolute Gasteiger partial charge is 1.00 e. The van der Waals surface area contributed by atoms with Gasteiger partial charge in [0.15, 0.2) is 0 Å². The van der Waals surface area contributed by atoms with E-state index in [4.69, 9.17) is 4.55 Å². The van der Waals surface area contributed by atoms with Gasteiger partial charge in [0.1, 0.15) is 0 Å². The quantitative estimate of drug-likeness (QED) is 0.211. The van der Waals surface area contributed by atoms with Crippen LogP contribution < -0.4 is 34.9 Å². The summed E-state index contributed by atoms with van der Waals surface area (Å²) in [4.78, 5) is 0. The van der Waals surface area contributed by atoms with Crippen LogP contribution in [-0.2, 0) is 21.2 Å². The van der Waals surface area contributed by atoms with Crippen LogP contribution in [-0.4, -0.2) is 39.9 Å². The molecule has 0 amide bonds. The minimum atomic E-state index is -3.99. The van der Waals surface area contributed by atoms with Crippen molar-refractivity contribution < 1.29 is 52.7 Å². The first kappa shape index (κ1) is 15.5. The van der Waals surface area contributed by atoms with E-state index in [1.54, 1.807) is 0 Å². The second-order valence-electron chi connectivity index (χ2n) is 1.73. The Morgan fingerprint density at radius 2 is 2.08 bits per heavy atom. The Balaban J connectivity index is -0.000000500. The standard InChI is InChI=1S/C3H9NO5S2.Na.H/c5-10(6)3-4-1-2-11(7,8)9;;/h4H,1-3H2,(H,5,6)(H,7,8,9);;/q;+1;-1/p-1. The van der Waals surface area contributed by atoms with E-state index < -0.39 is 27.0 Å². The van der Waals surface area contributed by atoms with Gasteiger partial charge in [-0.3, -0.25) is 8.76 Å². The molecule has 0 heterocycles. The topological polar surface area (TPSA) is 107 Å². The molecule has 0 spiro atoms. The molecule has 9 heteroatoms. The summed E-state index contributed by atoms with van der Waals surface area (Å²) in [6.07, 6.45) is 0. The van der Waals surface area contributed by atoms with Crippen molar-refractivity contribution in [3.63, 3.8) is 0 Å². The average Bonchev–Trinajstić information content (AvgIpc) is 1.78. The van der Waals surface area contributed by atoms with Crippen molar-refractivity contribution in [3.05, 3.63) is 0 Å². The van der Waals surface area contributed by atoms with Gasteiger partial charge < -0.3 is 11.3 Å². The van der Waals surface area contributed by atoms with Crippen LogP contribution in [0.2, 0.25) is 0 Å². The number of nitrogens with one attached hydrogen (secondary N) is 1. The number of hydrogen-bond acceptors (Lipinski definition) is 5. The van der Waals surface area contributed by atoms with E-state index >= 15 is 0 Å². The first-order valence-corrected chi connectivity index (χ1v) is 5.49. The molecule has 0 aliphatic heterocycles. The maximum absolute atomic E-state index is 10.0. The third-order valence-electron chi connectivity index (χ3n) is 0.757. The third kappa shape index (κ3) is 13.6. The summed E-state index contributed by atoms with van der Waals surface area (Å²) in [6, 6.07) is 0. The Hall–Kier alpha value is 0.980. The second-order valence-corrected chi connectivity index (χ2v) is 4.20. The minimum absolute atomic E-state index is 0. The molecule has 0 aliphatic carbocycles. The zero-order chi connectivity index (χ0) is 8.91. The second kappa shape index (κ2) is 7.39. The van der Waals surface area contributed by atoms with Crippen LogP contribution >= 0.6 is 0 Å². The summed E-state index contributed by atoms with van der Waals surface area (Å²) >= 11 is -2.23. The van der Waals surface area contributed by atoms with Crippen molar-refractivity contribution in [1.29, 1.82) is 0 Å². The van der Waals surface area contributed by atoms with E-state index in [-0.39, 0.29) is 43.4 Å².